The number of hydrogen-bond acceptors (Lipinski definition) is 4. The summed E-state index contributed by atoms with van der Waals surface area (Å²) in [6.07, 6.45) is 0. The molecule has 3 nitrogen and oxygen atoms in total. The molecule has 0 aliphatic heterocycles. The normalized spacial score (nSPS) is 11.6. The first-order chi connectivity index (χ1) is 30.2. The predicted molar refractivity (Wildman–Crippen MR) is 258 cm³/mol. The number of pyridine rings is 1. The van der Waals surface area contributed by atoms with Crippen LogP contribution in [0.3, 0.4) is 0 Å². The number of benzene rings is 9. The third-order valence-corrected chi connectivity index (χ3v) is 13.1. The van der Waals surface area contributed by atoms with Crippen molar-refractivity contribution in [1.29, 1.82) is 0 Å². The molecule has 284 valence electrons. The van der Waals surface area contributed by atoms with E-state index in [2.05, 4.69) is 200 Å². The second-order valence-corrected chi connectivity index (χ2v) is 16.6. The predicted octanol–water partition coefficient (Wildman–Crippen LogP) is 15.7. The third-order valence-electron chi connectivity index (χ3n) is 11.9. The molecule has 0 aliphatic rings. The minimum atomic E-state index is 0.697. The molecule has 9 aromatic carbocycles. The lowest BCUT2D eigenvalue weighted by Gasteiger charge is -2.14. The van der Waals surface area contributed by atoms with Crippen LogP contribution in [0.2, 0.25) is 0 Å². The number of rotatable bonds is 6. The minimum absolute atomic E-state index is 0.697. The number of fused-ring (bicyclic) bond motifs is 8. The molecule has 0 atom stereocenters. The van der Waals surface area contributed by atoms with Gasteiger partial charge in [-0.1, -0.05) is 188 Å². The molecule has 61 heavy (non-hydrogen) atoms. The van der Waals surface area contributed by atoms with Gasteiger partial charge < -0.3 is 0 Å². The molecule has 0 fully saturated rings. The Bertz CT molecular complexity index is 3610. The van der Waals surface area contributed by atoms with E-state index < -0.39 is 0 Å². The minimum Gasteiger partial charge on any atom is -0.247 e. The van der Waals surface area contributed by atoms with E-state index in [-0.39, 0.29) is 0 Å². The number of nitrogens with zero attached hydrogens (tertiary/aromatic N) is 3. The molecule has 0 bridgehead atoms. The highest BCUT2D eigenvalue weighted by Gasteiger charge is 2.20. The van der Waals surface area contributed by atoms with Crippen molar-refractivity contribution in [2.24, 2.45) is 0 Å². The lowest BCUT2D eigenvalue weighted by molar-refractivity contribution is 1.18. The summed E-state index contributed by atoms with van der Waals surface area (Å²) in [5, 5.41) is 8.56. The molecule has 0 saturated carbocycles. The van der Waals surface area contributed by atoms with Crippen LogP contribution in [0.4, 0.5) is 0 Å². The van der Waals surface area contributed by atoms with Crippen LogP contribution < -0.4 is 0 Å². The summed E-state index contributed by atoms with van der Waals surface area (Å²) in [5.41, 5.74) is 12.6. The Morgan fingerprint density at radius 2 is 0.852 bits per heavy atom. The van der Waals surface area contributed by atoms with Crippen LogP contribution >= 0.6 is 11.3 Å². The van der Waals surface area contributed by atoms with Crippen molar-refractivity contribution in [1.82, 2.24) is 15.0 Å². The average Bonchev–Trinajstić information content (AvgIpc) is 3.74. The van der Waals surface area contributed by atoms with E-state index >= 15 is 0 Å². The lowest BCUT2D eigenvalue weighted by Crippen LogP contribution is -1.96. The summed E-state index contributed by atoms with van der Waals surface area (Å²) in [4.78, 5) is 15.8. The second kappa shape index (κ2) is 14.5. The Kier molecular flexibility index (Phi) is 8.36. The molecule has 4 heteroatoms. The fourth-order valence-electron chi connectivity index (χ4n) is 8.84. The quantitative estimate of drug-likeness (QED) is 0.157. The van der Waals surface area contributed by atoms with Gasteiger partial charge in [0.05, 0.1) is 22.6 Å². The molecule has 12 rings (SSSR count). The number of thiophene rings is 1. The largest absolute Gasteiger partial charge is 0.247 e. The van der Waals surface area contributed by atoms with Gasteiger partial charge in [-0.05, 0) is 68.1 Å². The monoisotopic (exact) mass is 793 g/mol. The van der Waals surface area contributed by atoms with Crippen molar-refractivity contribution in [2.45, 2.75) is 0 Å². The first-order valence-corrected chi connectivity index (χ1v) is 21.4. The van der Waals surface area contributed by atoms with Gasteiger partial charge in [-0.15, -0.1) is 11.3 Å². The van der Waals surface area contributed by atoms with E-state index in [0.717, 1.165) is 61.5 Å². The Balaban J connectivity index is 0.969. The van der Waals surface area contributed by atoms with Gasteiger partial charge in [0.1, 0.15) is 0 Å². The number of aromatic nitrogens is 3. The molecule has 12 aromatic rings. The molecular formula is C57H35N3S. The molecule has 3 aromatic heterocycles. The fraction of sp³-hybridized carbons (Fsp3) is 0. The highest BCUT2D eigenvalue weighted by Crippen LogP contribution is 2.46. The van der Waals surface area contributed by atoms with Crippen LogP contribution in [-0.2, 0) is 0 Å². The Morgan fingerprint density at radius 1 is 0.328 bits per heavy atom. The summed E-state index contributed by atoms with van der Waals surface area (Å²) in [5.74, 6) is 0.697. The molecule has 3 heterocycles. The van der Waals surface area contributed by atoms with E-state index in [1.165, 1.54) is 52.7 Å². The first kappa shape index (κ1) is 35.2. The molecule has 0 amide bonds. The average molecular weight is 794 g/mol. The van der Waals surface area contributed by atoms with E-state index in [1.807, 2.05) is 23.5 Å². The molecule has 0 N–H and O–H groups in total. The van der Waals surface area contributed by atoms with Gasteiger partial charge in [-0.3, -0.25) is 0 Å². The maximum atomic E-state index is 5.59. The molecular weight excluding hydrogens is 759 g/mol. The fourth-order valence-corrected chi connectivity index (χ4v) is 10.1. The van der Waals surface area contributed by atoms with Crippen molar-refractivity contribution in [2.75, 3.05) is 0 Å². The summed E-state index contributed by atoms with van der Waals surface area (Å²) in [6.45, 7) is 0. The van der Waals surface area contributed by atoms with Gasteiger partial charge in [-0.25, -0.2) is 15.0 Å². The Labute approximate surface area is 356 Å². The van der Waals surface area contributed by atoms with E-state index in [4.69, 9.17) is 15.0 Å². The van der Waals surface area contributed by atoms with Gasteiger partial charge in [0.25, 0.3) is 0 Å². The van der Waals surface area contributed by atoms with Crippen molar-refractivity contribution >= 4 is 64.0 Å². The Morgan fingerprint density at radius 3 is 1.59 bits per heavy atom. The number of hydrogen-bond donors (Lipinski definition) is 0. The van der Waals surface area contributed by atoms with E-state index in [1.54, 1.807) is 0 Å². The van der Waals surface area contributed by atoms with Gasteiger partial charge in [0.15, 0.2) is 5.82 Å². The highest BCUT2D eigenvalue weighted by atomic mass is 32.1. The van der Waals surface area contributed by atoms with E-state index in [9.17, 15) is 0 Å². The van der Waals surface area contributed by atoms with Gasteiger partial charge >= 0.3 is 0 Å². The summed E-state index contributed by atoms with van der Waals surface area (Å²) >= 11 is 1.86. The molecule has 0 spiro atoms. The van der Waals surface area contributed by atoms with Crippen LogP contribution in [0.15, 0.2) is 212 Å². The van der Waals surface area contributed by atoms with Crippen LogP contribution in [0.5, 0.6) is 0 Å². The zero-order valence-electron chi connectivity index (χ0n) is 33.0. The van der Waals surface area contributed by atoms with Gasteiger partial charge in [-0.2, -0.15) is 0 Å². The van der Waals surface area contributed by atoms with Crippen LogP contribution in [0.25, 0.3) is 120 Å². The van der Waals surface area contributed by atoms with Crippen molar-refractivity contribution in [3.05, 3.63) is 212 Å². The third kappa shape index (κ3) is 6.16. The summed E-state index contributed by atoms with van der Waals surface area (Å²) in [6, 6.07) is 75.5. The summed E-state index contributed by atoms with van der Waals surface area (Å²) in [7, 11) is 0. The summed E-state index contributed by atoms with van der Waals surface area (Å²) < 4.78 is 2.54. The molecule has 0 saturated heterocycles. The topological polar surface area (TPSA) is 38.7 Å². The maximum absolute atomic E-state index is 5.59. The zero-order chi connectivity index (χ0) is 40.3. The van der Waals surface area contributed by atoms with Crippen LogP contribution in [0.1, 0.15) is 0 Å². The smallest absolute Gasteiger partial charge is 0.160 e. The SMILES string of the molecule is c1ccc(-c2ccc(-c3nc(-c4ccccc4)cc(-c4ccc(-c5ccc6c(c5)nc(-c5cc7ccccc7c7ccccc57)c5c7ccccc7sc65)cc4)n3)cc2)cc1. The van der Waals surface area contributed by atoms with Crippen LogP contribution in [-0.4, -0.2) is 15.0 Å². The van der Waals surface area contributed by atoms with Gasteiger partial charge in [0.2, 0.25) is 0 Å². The second-order valence-electron chi connectivity index (χ2n) is 15.5. The van der Waals surface area contributed by atoms with Crippen molar-refractivity contribution in [3.8, 4) is 67.4 Å². The lowest BCUT2D eigenvalue weighted by atomic mass is 9.93. The highest BCUT2D eigenvalue weighted by molar-refractivity contribution is 7.26. The standard InChI is InChI=1S/C57H35N3S/c1-3-13-36(14-4-1)37-25-29-41(30-26-37)57-59-50(39-15-5-2-6-16-39)35-51(60-57)40-27-23-38(24-28-40)42-31-32-47-52(34-42)58-55(54-48-21-11-12-22-53(48)61-56(47)54)49-33-43-17-7-8-18-44(43)45-19-9-10-20-46(45)49/h1-35H. The maximum Gasteiger partial charge on any atom is 0.160 e. The van der Waals surface area contributed by atoms with Crippen LogP contribution in [0, 0.1) is 0 Å². The van der Waals surface area contributed by atoms with Crippen molar-refractivity contribution < 1.29 is 0 Å². The molecule has 0 radical (unpaired) electrons. The zero-order valence-corrected chi connectivity index (χ0v) is 33.8. The van der Waals surface area contributed by atoms with Gasteiger partial charge in [0, 0.05) is 47.8 Å². The molecule has 0 aliphatic carbocycles. The van der Waals surface area contributed by atoms with Crippen molar-refractivity contribution in [3.63, 3.8) is 0 Å². The Hall–Kier alpha value is -7.79. The van der Waals surface area contributed by atoms with E-state index in [0.29, 0.717) is 5.82 Å². The first-order valence-electron chi connectivity index (χ1n) is 20.6. The molecule has 0 unspecified atom stereocenters.